The molecule has 0 amide bonds. The molecule has 5 atom stereocenters. The first-order valence-corrected chi connectivity index (χ1v) is 34.2. The largest absolute Gasteiger partial charge is 1.00 e. The van der Waals surface area contributed by atoms with Crippen LogP contribution in [-0.2, 0) is 28.7 Å². The molecule has 0 spiro atoms. The van der Waals surface area contributed by atoms with E-state index in [4.69, 9.17) is 14.6 Å². The Morgan fingerprint density at radius 3 is 1.57 bits per heavy atom. The van der Waals surface area contributed by atoms with E-state index in [1.807, 2.05) is 67.2 Å². The van der Waals surface area contributed by atoms with Gasteiger partial charge in [0, 0.05) is 32.9 Å². The van der Waals surface area contributed by atoms with Crippen molar-refractivity contribution in [3.05, 3.63) is 48.8 Å². The minimum absolute atomic E-state index is 0. The van der Waals surface area contributed by atoms with Crippen molar-refractivity contribution in [2.24, 2.45) is 16.2 Å². The van der Waals surface area contributed by atoms with Crippen LogP contribution < -0.4 is 39.4 Å². The van der Waals surface area contributed by atoms with Crippen molar-refractivity contribution in [2.45, 2.75) is 110 Å². The van der Waals surface area contributed by atoms with Crippen LogP contribution in [0.3, 0.4) is 0 Å². The number of hydrogen-bond acceptors (Lipinski definition) is 13. The van der Waals surface area contributed by atoms with E-state index in [1.54, 1.807) is 26.2 Å². The number of pyridine rings is 2. The van der Waals surface area contributed by atoms with Gasteiger partial charge in [0.25, 0.3) is 0 Å². The normalized spacial score (nSPS) is 24.7. The maximum Gasteiger partial charge on any atom is 1.00 e. The van der Waals surface area contributed by atoms with Crippen molar-refractivity contribution >= 4 is 63.9 Å². The van der Waals surface area contributed by atoms with Crippen LogP contribution >= 0.6 is 28.6 Å². The minimum Gasteiger partial charge on any atom is -0.870 e. The van der Waals surface area contributed by atoms with Crippen LogP contribution in [0.1, 0.15) is 97.8 Å². The number of ether oxygens (including phenoxy) is 2. The number of halogens is 2. The number of likely N-dealkylation sites (N-methyl/N-ethyl adjacent to an activating group) is 2. The fourth-order valence-corrected chi connectivity index (χ4v) is 6.78. The molecule has 3 aliphatic rings. The monoisotopic (exact) mass is 1190 g/mol. The second-order valence-electron chi connectivity index (χ2n) is 15.2. The Labute approximate surface area is 398 Å². The first kappa shape index (κ1) is 57.7. The van der Waals surface area contributed by atoms with Gasteiger partial charge in [0.2, 0.25) is 0 Å². The van der Waals surface area contributed by atoms with Gasteiger partial charge in [-0.05, 0) is 83.6 Å². The number of hydrogen-bond donors (Lipinski definition) is 3. The molecule has 58 heavy (non-hydrogen) atoms. The van der Waals surface area contributed by atoms with Gasteiger partial charge in [-0.25, -0.2) is 9.97 Å². The maximum absolute atomic E-state index is 12.2. The molecule has 1 unspecified atom stereocenters. The summed E-state index contributed by atoms with van der Waals surface area (Å²) in [6.45, 7) is 6.82. The summed E-state index contributed by atoms with van der Waals surface area (Å²) in [5.74, 6) is 0.137. The second kappa shape index (κ2) is 29.9. The number of carbonyl (C=O) groups is 4. The molecule has 2 aromatic heterocycles. The molecule has 2 heterocycles. The van der Waals surface area contributed by atoms with Crippen LogP contribution in [0.5, 0.6) is 0 Å². The number of esters is 2. The zero-order chi connectivity index (χ0) is 41.8. The molecule has 3 saturated carbocycles. The van der Waals surface area contributed by atoms with Crippen molar-refractivity contribution in [1.82, 2.24) is 9.97 Å². The third-order valence-corrected chi connectivity index (χ3v) is 11.1. The molecule has 18 heteroatoms. The van der Waals surface area contributed by atoms with Crippen molar-refractivity contribution in [3.63, 3.8) is 0 Å². The van der Waals surface area contributed by atoms with Gasteiger partial charge in [0.05, 0.1) is 36.1 Å². The Hall–Kier alpha value is -0.342. The minimum atomic E-state index is -0.943. The average Bonchev–Trinajstić information content (AvgIpc) is 3.19. The summed E-state index contributed by atoms with van der Waals surface area (Å²) in [4.78, 5) is 59.4. The number of nitrogens with zero attached hydrogens (tertiary/aromatic N) is 4. The fraction of sp³-hybridized carbons (Fsp3) is 0.650. The number of carbonyl (C=O) groups excluding carboxylic acids is 3. The molecule has 3 aliphatic carbocycles. The first-order chi connectivity index (χ1) is 26.6. The Bertz CT molecular complexity index is 1510. The quantitative estimate of drug-likeness (QED) is 0.127. The van der Waals surface area contributed by atoms with Crippen LogP contribution in [0.25, 0.3) is 0 Å². The topological polar surface area (TPSA) is 210 Å². The van der Waals surface area contributed by atoms with Gasteiger partial charge in [0.1, 0.15) is 36.0 Å². The van der Waals surface area contributed by atoms with Crippen LogP contribution in [0, 0.1) is 41.7 Å². The molecule has 0 aromatic carbocycles. The summed E-state index contributed by atoms with van der Waals surface area (Å²) in [6, 6.07) is 11.4. The standard InChI is InChI=1S/C16H24N2O3.C16H22N2O3.C8H14O3.2HI.Na.H2O.Sm/c2*1-16(9-5-3-7-13(16)19)15(20)21-12-11-18(2)14-8-4-6-10-17-14;1-8(7(10)11)5-3-2-4-6(8)9;;;;;/h4,6,8,10,13,19H,3,5,7,9,11-12H2,1-2H3;4,6,8,10H,3,5,7,9,11-12H2,1-2H3;6,9H,2-5H2,1H3,(H,10,11);2*1H;;1H2;/q;;;;;+1;;+2/p-3/t13-,16-;;6-,8-;;;;;/m1.1...../s1. The molecule has 0 saturated heterocycles. The van der Waals surface area contributed by atoms with Gasteiger partial charge in [-0.15, -0.1) is 0 Å². The number of ketones is 1. The zero-order valence-electron chi connectivity index (χ0n) is 34.8. The number of aliphatic hydroxyl groups excluding tert-OH is 2. The number of Topliss-reactive ketones (excluding diaryl/α,β-unsaturated/α-hetero) is 1. The van der Waals surface area contributed by atoms with Gasteiger partial charge in [-0.2, -0.15) is 0 Å². The number of aliphatic carboxylic acids is 1. The summed E-state index contributed by atoms with van der Waals surface area (Å²) < 4.78 is 10.7. The summed E-state index contributed by atoms with van der Waals surface area (Å²) in [5, 5.41) is 28.3. The molecule has 0 aliphatic heterocycles. The Morgan fingerprint density at radius 1 is 0.759 bits per heavy atom. The van der Waals surface area contributed by atoms with E-state index in [0.717, 1.165) is 50.2 Å². The summed E-state index contributed by atoms with van der Waals surface area (Å²) in [5.41, 5.74) is -2.58. The molecular weight excluding hydrogens is 1120 g/mol. The Morgan fingerprint density at radius 2 is 1.19 bits per heavy atom. The van der Waals surface area contributed by atoms with Crippen LogP contribution in [0.2, 0.25) is 0 Å². The van der Waals surface area contributed by atoms with Gasteiger partial charge in [0.15, 0.2) is 0 Å². The Kier molecular flexibility index (Phi) is 29.7. The fourth-order valence-electron chi connectivity index (χ4n) is 6.78. The third kappa shape index (κ3) is 18.2. The van der Waals surface area contributed by atoms with Crippen molar-refractivity contribution < 1.29 is 104 Å². The zero-order valence-corrected chi connectivity index (χ0v) is 43.7. The van der Waals surface area contributed by atoms with Crippen LogP contribution in [-0.4, -0.2) is 107 Å². The van der Waals surface area contributed by atoms with E-state index in [9.17, 15) is 29.4 Å². The van der Waals surface area contributed by atoms with E-state index in [1.165, 1.54) is 0 Å². The van der Waals surface area contributed by atoms with Gasteiger partial charge >= 0.3 is 102 Å². The van der Waals surface area contributed by atoms with E-state index < -0.39 is 34.4 Å². The number of rotatable bonds is 11. The van der Waals surface area contributed by atoms with Gasteiger partial charge < -0.3 is 40.1 Å². The SMILES string of the molecule is CN(CCOC(=O)C1(C)CCCCC1=O)c1ccccn1.CN(CCOC(=O)[C@]1(C)CCCC[C@H]1O)c1ccccn1.C[C@@]1(C(=O)O)CCCC[C@H]1O.[I][Sm][I].[Na+].[OH-]. The number of carboxylic acid groups (broad SMARTS) is 1. The molecule has 322 valence electrons. The molecule has 4 N–H and O–H groups in total. The predicted molar refractivity (Wildman–Crippen MR) is 231 cm³/mol. The van der Waals surface area contributed by atoms with E-state index >= 15 is 0 Å². The Balaban J connectivity index is 0.000000832. The van der Waals surface area contributed by atoms with Crippen molar-refractivity contribution in [2.75, 3.05) is 50.2 Å². The van der Waals surface area contributed by atoms with Gasteiger partial charge in [-0.1, -0.05) is 44.2 Å². The van der Waals surface area contributed by atoms with Crippen LogP contribution in [0.15, 0.2) is 48.8 Å². The first-order valence-electron chi connectivity index (χ1n) is 19.2. The molecule has 5 rings (SSSR count). The van der Waals surface area contributed by atoms with Gasteiger partial charge in [-0.3, -0.25) is 19.2 Å². The summed E-state index contributed by atoms with van der Waals surface area (Å²) in [7, 11) is 3.80. The van der Waals surface area contributed by atoms with E-state index in [-0.39, 0.29) is 84.8 Å². The maximum atomic E-state index is 12.2. The molecule has 14 nitrogen and oxygen atoms in total. The number of aromatic nitrogens is 2. The second-order valence-corrected chi connectivity index (χ2v) is 34.6. The molecule has 3 fully saturated rings. The summed E-state index contributed by atoms with van der Waals surface area (Å²) in [6.07, 6.45) is 11.5. The number of anilines is 2. The van der Waals surface area contributed by atoms with Crippen molar-refractivity contribution in [3.8, 4) is 0 Å². The predicted octanol–water partition coefficient (Wildman–Crippen LogP) is 3.82. The third-order valence-electron chi connectivity index (χ3n) is 11.1. The van der Waals surface area contributed by atoms with E-state index in [0.29, 0.717) is 58.2 Å². The van der Waals surface area contributed by atoms with Crippen LogP contribution in [0.4, 0.5) is 11.6 Å². The number of carboxylic acids is 1. The smallest absolute Gasteiger partial charge is 0.870 e. The molecule has 2 aromatic rings. The molecule has 0 radical (unpaired) electrons. The molecular formula is C40H61I2N4NaO10Sm. The summed E-state index contributed by atoms with van der Waals surface area (Å²) >= 11 is 5.07. The molecule has 0 bridgehead atoms. The number of aliphatic hydroxyl groups is 2. The van der Waals surface area contributed by atoms with Crippen molar-refractivity contribution in [1.29, 1.82) is 0 Å². The average molecular weight is 1190 g/mol. The van der Waals surface area contributed by atoms with E-state index in [2.05, 4.69) is 38.5 Å².